The fraction of sp³-hybridized carbons (Fsp3) is 0.452. The highest BCUT2D eigenvalue weighted by molar-refractivity contribution is 7.14. The Balaban J connectivity index is 1.17. The van der Waals surface area contributed by atoms with E-state index in [1.54, 1.807) is 17.4 Å². The molecule has 1 saturated carbocycles. The van der Waals surface area contributed by atoms with Crippen molar-refractivity contribution in [2.75, 3.05) is 44.3 Å². The number of fused-ring (bicyclic) bond motifs is 2. The first kappa shape index (κ1) is 26.8. The number of carboxylic acids is 1. The molecule has 8 nitrogen and oxygen atoms in total. The number of nitrogens with zero attached hydrogens (tertiary/aromatic N) is 4. The van der Waals surface area contributed by atoms with Crippen molar-refractivity contribution in [3.05, 3.63) is 64.0 Å². The van der Waals surface area contributed by atoms with Crippen LogP contribution in [-0.4, -0.2) is 60.4 Å². The third kappa shape index (κ3) is 5.57. The number of aromatic nitrogens is 1. The third-order valence-electron chi connectivity index (χ3n) is 8.57. The van der Waals surface area contributed by atoms with Gasteiger partial charge in [0.05, 0.1) is 36.5 Å². The number of aryl methyl sites for hydroxylation is 1. The molecule has 9 heteroatoms. The Kier molecular flexibility index (Phi) is 7.74. The number of anilines is 1. The van der Waals surface area contributed by atoms with Crippen molar-refractivity contribution in [2.45, 2.75) is 32.9 Å². The molecule has 2 bridgehead atoms. The molecule has 0 spiro atoms. The van der Waals surface area contributed by atoms with Gasteiger partial charge in [-0.05, 0) is 66.5 Å². The van der Waals surface area contributed by atoms with E-state index < -0.39 is 5.97 Å². The van der Waals surface area contributed by atoms with E-state index in [1.165, 1.54) is 11.1 Å². The predicted molar refractivity (Wildman–Crippen MR) is 153 cm³/mol. The van der Waals surface area contributed by atoms with Gasteiger partial charge in [-0.1, -0.05) is 18.2 Å². The fourth-order valence-electron chi connectivity index (χ4n) is 6.43. The number of nitriles is 1. The number of thiazole rings is 1. The summed E-state index contributed by atoms with van der Waals surface area (Å²) in [5, 5.41) is 22.1. The van der Waals surface area contributed by atoms with Crippen molar-refractivity contribution in [3.63, 3.8) is 0 Å². The first-order chi connectivity index (χ1) is 19.5. The smallest absolute Gasteiger partial charge is 0.307 e. The SMILES string of the molecule is Cc1cc(CN2CCOCC2)ccc1COc1ccc(C#N)cc1-c1csc(N2CC3CCC(C2)C3C(=O)O)n1. The van der Waals surface area contributed by atoms with Crippen LogP contribution in [0.3, 0.4) is 0 Å². The minimum atomic E-state index is -0.663. The summed E-state index contributed by atoms with van der Waals surface area (Å²) in [6.45, 7) is 8.43. The van der Waals surface area contributed by atoms with Gasteiger partial charge in [0, 0.05) is 43.7 Å². The predicted octanol–water partition coefficient (Wildman–Crippen LogP) is 4.95. The number of rotatable bonds is 8. The second-order valence-corrected chi connectivity index (χ2v) is 12.0. The van der Waals surface area contributed by atoms with Crippen LogP contribution in [0.1, 0.15) is 35.1 Å². The van der Waals surface area contributed by atoms with E-state index in [0.717, 1.165) is 80.7 Å². The molecule has 2 saturated heterocycles. The number of hydrogen-bond donors (Lipinski definition) is 1. The molecule has 0 radical (unpaired) electrons. The number of carboxylic acid groups (broad SMARTS) is 1. The van der Waals surface area contributed by atoms with Gasteiger partial charge in [-0.3, -0.25) is 9.69 Å². The van der Waals surface area contributed by atoms with Crippen LogP contribution >= 0.6 is 11.3 Å². The molecule has 1 aromatic heterocycles. The number of ether oxygens (including phenoxy) is 2. The van der Waals surface area contributed by atoms with Crippen LogP contribution in [0.4, 0.5) is 5.13 Å². The largest absolute Gasteiger partial charge is 0.488 e. The first-order valence-corrected chi connectivity index (χ1v) is 14.9. The topological polar surface area (TPSA) is 98.9 Å². The highest BCUT2D eigenvalue weighted by Crippen LogP contribution is 2.44. The Morgan fingerprint density at radius 3 is 2.65 bits per heavy atom. The van der Waals surface area contributed by atoms with E-state index in [2.05, 4.69) is 41.0 Å². The first-order valence-electron chi connectivity index (χ1n) is 14.0. The summed E-state index contributed by atoms with van der Waals surface area (Å²) in [6.07, 6.45) is 1.93. The minimum Gasteiger partial charge on any atom is -0.488 e. The van der Waals surface area contributed by atoms with Crippen LogP contribution < -0.4 is 9.64 Å². The molecule has 3 aromatic rings. The summed E-state index contributed by atoms with van der Waals surface area (Å²) < 4.78 is 11.8. The number of benzene rings is 2. The van der Waals surface area contributed by atoms with Crippen LogP contribution in [0, 0.1) is 36.0 Å². The van der Waals surface area contributed by atoms with Crippen molar-refractivity contribution < 1.29 is 19.4 Å². The Bertz CT molecular complexity index is 1410. The zero-order valence-corrected chi connectivity index (χ0v) is 23.5. The molecule has 208 valence electrons. The van der Waals surface area contributed by atoms with Crippen LogP contribution in [0.15, 0.2) is 41.8 Å². The molecule has 2 aromatic carbocycles. The van der Waals surface area contributed by atoms with Gasteiger partial charge in [0.25, 0.3) is 0 Å². The van der Waals surface area contributed by atoms with Crippen molar-refractivity contribution in [2.24, 2.45) is 17.8 Å². The summed E-state index contributed by atoms with van der Waals surface area (Å²) in [5.74, 6) is 0.141. The van der Waals surface area contributed by atoms with E-state index in [4.69, 9.17) is 14.5 Å². The van der Waals surface area contributed by atoms with Gasteiger partial charge in [-0.2, -0.15) is 5.26 Å². The maximum absolute atomic E-state index is 11.8. The average Bonchev–Trinajstić information content (AvgIpc) is 3.56. The number of piperidine rings is 1. The lowest BCUT2D eigenvalue weighted by Gasteiger charge is -2.35. The lowest BCUT2D eigenvalue weighted by atomic mass is 9.85. The van der Waals surface area contributed by atoms with Gasteiger partial charge in [-0.15, -0.1) is 11.3 Å². The van der Waals surface area contributed by atoms with E-state index in [1.807, 2.05) is 17.5 Å². The third-order valence-corrected chi connectivity index (χ3v) is 9.47. The monoisotopic (exact) mass is 558 g/mol. The van der Waals surface area contributed by atoms with Gasteiger partial charge >= 0.3 is 5.97 Å². The highest BCUT2D eigenvalue weighted by Gasteiger charge is 2.46. The molecule has 3 aliphatic rings. The number of hydrogen-bond acceptors (Lipinski definition) is 8. The molecule has 2 unspecified atom stereocenters. The summed E-state index contributed by atoms with van der Waals surface area (Å²) in [5.41, 5.74) is 5.73. The Morgan fingerprint density at radius 2 is 1.95 bits per heavy atom. The summed E-state index contributed by atoms with van der Waals surface area (Å²) in [6, 6.07) is 14.3. The van der Waals surface area contributed by atoms with Gasteiger partial charge in [-0.25, -0.2) is 4.98 Å². The average molecular weight is 559 g/mol. The van der Waals surface area contributed by atoms with Gasteiger partial charge in [0.1, 0.15) is 12.4 Å². The molecule has 1 aliphatic carbocycles. The van der Waals surface area contributed by atoms with E-state index in [0.29, 0.717) is 17.9 Å². The van der Waals surface area contributed by atoms with Gasteiger partial charge in [0.2, 0.25) is 0 Å². The molecule has 2 aliphatic heterocycles. The molecular formula is C31H34N4O4S. The van der Waals surface area contributed by atoms with Crippen LogP contribution in [-0.2, 0) is 22.7 Å². The van der Waals surface area contributed by atoms with Crippen molar-refractivity contribution in [1.29, 1.82) is 5.26 Å². The van der Waals surface area contributed by atoms with Crippen molar-refractivity contribution in [3.8, 4) is 23.1 Å². The number of aliphatic carboxylic acids is 1. The normalized spacial score (nSPS) is 22.7. The zero-order valence-electron chi connectivity index (χ0n) is 22.7. The van der Waals surface area contributed by atoms with E-state index in [-0.39, 0.29) is 17.8 Å². The lowest BCUT2D eigenvalue weighted by Crippen LogP contribution is -2.44. The Hall–Kier alpha value is -3.45. The number of morpholine rings is 1. The standard InChI is InChI=1S/C31H34N4O4S/c1-20-12-22(15-34-8-10-38-11-9-34)2-4-25(20)18-39-28-7-3-21(14-32)13-26(28)27-19-40-31(33-27)35-16-23-5-6-24(17-35)29(23)30(36)37/h2-4,7,12-13,19,23-24,29H,5-6,8-11,15-18H2,1H3,(H,36,37). The summed E-state index contributed by atoms with van der Waals surface area (Å²) in [7, 11) is 0. The van der Waals surface area contributed by atoms with Gasteiger partial charge < -0.3 is 19.5 Å². The van der Waals surface area contributed by atoms with Crippen LogP contribution in [0.25, 0.3) is 11.3 Å². The van der Waals surface area contributed by atoms with E-state index >= 15 is 0 Å². The molecule has 3 heterocycles. The van der Waals surface area contributed by atoms with Crippen LogP contribution in [0.5, 0.6) is 5.75 Å². The maximum atomic E-state index is 11.8. The minimum absolute atomic E-state index is 0.174. The van der Waals surface area contributed by atoms with E-state index in [9.17, 15) is 15.2 Å². The maximum Gasteiger partial charge on any atom is 0.307 e. The second-order valence-electron chi connectivity index (χ2n) is 11.1. The molecule has 2 atom stereocenters. The summed E-state index contributed by atoms with van der Waals surface area (Å²) >= 11 is 1.56. The molecule has 6 rings (SSSR count). The highest BCUT2D eigenvalue weighted by atomic mass is 32.1. The molecule has 40 heavy (non-hydrogen) atoms. The van der Waals surface area contributed by atoms with Gasteiger partial charge in [0.15, 0.2) is 5.13 Å². The zero-order chi connectivity index (χ0) is 27.6. The molecular weight excluding hydrogens is 524 g/mol. The quantitative estimate of drug-likeness (QED) is 0.415. The summed E-state index contributed by atoms with van der Waals surface area (Å²) in [4.78, 5) is 21.3. The lowest BCUT2D eigenvalue weighted by molar-refractivity contribution is -0.144. The number of carbonyl (C=O) groups is 1. The van der Waals surface area contributed by atoms with Crippen LogP contribution in [0.2, 0.25) is 0 Å². The Morgan fingerprint density at radius 1 is 1.18 bits per heavy atom. The Labute approximate surface area is 238 Å². The molecule has 0 amide bonds. The molecule has 1 N–H and O–H groups in total. The van der Waals surface area contributed by atoms with Crippen molar-refractivity contribution in [1.82, 2.24) is 9.88 Å². The fourth-order valence-corrected chi connectivity index (χ4v) is 7.28. The second kappa shape index (κ2) is 11.6. The van der Waals surface area contributed by atoms with Crippen molar-refractivity contribution >= 4 is 22.4 Å². The molecule has 3 fully saturated rings.